The number of hydrogen-bond donors (Lipinski definition) is 2. The molecule has 0 amide bonds. The number of carboxylic acids is 1. The lowest BCUT2D eigenvalue weighted by Crippen LogP contribution is -2.34. The molecule has 0 aliphatic heterocycles. The summed E-state index contributed by atoms with van der Waals surface area (Å²) in [5, 5.41) is 11.5. The summed E-state index contributed by atoms with van der Waals surface area (Å²) in [5.41, 5.74) is 0. The normalized spacial score (nSPS) is 12.6. The number of carboxylic acid groups (broad SMARTS) is 1. The smallest absolute Gasteiger partial charge is 0.320 e. The Morgan fingerprint density at radius 2 is 1.94 bits per heavy atom. The van der Waals surface area contributed by atoms with Crippen molar-refractivity contribution < 1.29 is 14.6 Å². The monoisotopic (exact) mass is 231 g/mol. The van der Waals surface area contributed by atoms with E-state index in [4.69, 9.17) is 9.84 Å². The highest BCUT2D eigenvalue weighted by Crippen LogP contribution is 2.02. The second kappa shape index (κ2) is 10.9. The molecule has 0 rings (SSSR count). The lowest BCUT2D eigenvalue weighted by atomic mass is 10.2. The molecule has 0 saturated carbocycles. The van der Waals surface area contributed by atoms with Gasteiger partial charge in [0.15, 0.2) is 0 Å². The molecule has 0 bridgehead atoms. The van der Waals surface area contributed by atoms with Crippen LogP contribution in [0.4, 0.5) is 0 Å². The van der Waals surface area contributed by atoms with Crippen molar-refractivity contribution in [2.24, 2.45) is 0 Å². The first-order valence-electron chi connectivity index (χ1n) is 6.20. The third kappa shape index (κ3) is 8.68. The molecule has 0 radical (unpaired) electrons. The first kappa shape index (κ1) is 15.4. The van der Waals surface area contributed by atoms with Crippen LogP contribution in [0.3, 0.4) is 0 Å². The van der Waals surface area contributed by atoms with Crippen LogP contribution in [0.25, 0.3) is 0 Å². The van der Waals surface area contributed by atoms with Crippen molar-refractivity contribution in [1.82, 2.24) is 5.32 Å². The summed E-state index contributed by atoms with van der Waals surface area (Å²) in [7, 11) is 1.66. The van der Waals surface area contributed by atoms with Gasteiger partial charge in [-0.25, -0.2) is 0 Å². The number of likely N-dealkylation sites (N-methyl/N-ethyl adjacent to an activating group) is 1. The summed E-state index contributed by atoms with van der Waals surface area (Å²) >= 11 is 0. The Morgan fingerprint density at radius 1 is 1.25 bits per heavy atom. The minimum Gasteiger partial charge on any atom is -0.480 e. The average Bonchev–Trinajstić information content (AvgIpc) is 2.26. The van der Waals surface area contributed by atoms with Gasteiger partial charge in [-0.15, -0.1) is 0 Å². The fourth-order valence-corrected chi connectivity index (χ4v) is 1.50. The van der Waals surface area contributed by atoms with Crippen LogP contribution in [0.2, 0.25) is 0 Å². The third-order valence-corrected chi connectivity index (χ3v) is 2.59. The van der Waals surface area contributed by atoms with Crippen LogP contribution in [0, 0.1) is 0 Å². The number of rotatable bonds is 11. The van der Waals surface area contributed by atoms with Gasteiger partial charge in [0.05, 0.1) is 0 Å². The van der Waals surface area contributed by atoms with E-state index in [2.05, 4.69) is 12.2 Å². The lowest BCUT2D eigenvalue weighted by Gasteiger charge is -2.10. The maximum Gasteiger partial charge on any atom is 0.320 e. The van der Waals surface area contributed by atoms with Crippen LogP contribution in [0.5, 0.6) is 0 Å². The van der Waals surface area contributed by atoms with Crippen LogP contribution >= 0.6 is 0 Å². The average molecular weight is 231 g/mol. The van der Waals surface area contributed by atoms with Gasteiger partial charge in [-0.05, 0) is 19.9 Å². The minimum absolute atomic E-state index is 0.486. The summed E-state index contributed by atoms with van der Waals surface area (Å²) in [6.07, 6.45) is 6.64. The molecule has 4 heteroatoms. The first-order chi connectivity index (χ1) is 7.72. The van der Waals surface area contributed by atoms with Crippen molar-refractivity contribution in [2.75, 3.05) is 20.3 Å². The van der Waals surface area contributed by atoms with Crippen LogP contribution in [0.15, 0.2) is 0 Å². The quantitative estimate of drug-likeness (QED) is 0.534. The Bertz CT molecular complexity index is 174. The van der Waals surface area contributed by atoms with E-state index in [1.165, 1.54) is 25.7 Å². The molecule has 2 N–H and O–H groups in total. The SMILES string of the molecule is CCCCCCCOCCC(NC)C(=O)O. The molecule has 0 saturated heterocycles. The molecule has 0 aliphatic rings. The molecule has 0 aliphatic carbocycles. The molecule has 0 spiro atoms. The van der Waals surface area contributed by atoms with Crippen molar-refractivity contribution in [3.8, 4) is 0 Å². The first-order valence-corrected chi connectivity index (χ1v) is 6.20. The van der Waals surface area contributed by atoms with Crippen molar-refractivity contribution in [3.63, 3.8) is 0 Å². The van der Waals surface area contributed by atoms with Gasteiger partial charge in [-0.1, -0.05) is 32.6 Å². The number of hydrogen-bond acceptors (Lipinski definition) is 3. The molecule has 0 heterocycles. The molecule has 1 atom stereocenters. The van der Waals surface area contributed by atoms with Crippen molar-refractivity contribution in [1.29, 1.82) is 0 Å². The molecule has 96 valence electrons. The van der Waals surface area contributed by atoms with Gasteiger partial charge < -0.3 is 15.2 Å². The molecule has 0 fully saturated rings. The largest absolute Gasteiger partial charge is 0.480 e. The maximum absolute atomic E-state index is 10.7. The van der Waals surface area contributed by atoms with E-state index >= 15 is 0 Å². The minimum atomic E-state index is -0.811. The van der Waals surface area contributed by atoms with Crippen LogP contribution in [-0.4, -0.2) is 37.4 Å². The Balaban J connectivity index is 3.22. The number of ether oxygens (including phenoxy) is 1. The predicted molar refractivity (Wildman–Crippen MR) is 64.7 cm³/mol. The number of unbranched alkanes of at least 4 members (excludes halogenated alkanes) is 4. The zero-order chi connectivity index (χ0) is 12.2. The second-order valence-corrected chi connectivity index (χ2v) is 3.99. The fourth-order valence-electron chi connectivity index (χ4n) is 1.50. The van der Waals surface area contributed by atoms with E-state index in [-0.39, 0.29) is 0 Å². The van der Waals surface area contributed by atoms with Gasteiger partial charge in [0, 0.05) is 13.2 Å². The summed E-state index contributed by atoms with van der Waals surface area (Å²) in [6, 6.07) is -0.486. The molecular weight excluding hydrogens is 206 g/mol. The highest BCUT2D eigenvalue weighted by atomic mass is 16.5. The highest BCUT2D eigenvalue weighted by molar-refractivity contribution is 5.73. The summed E-state index contributed by atoms with van der Waals surface area (Å²) < 4.78 is 5.39. The molecule has 0 aromatic carbocycles. The highest BCUT2D eigenvalue weighted by Gasteiger charge is 2.13. The third-order valence-electron chi connectivity index (χ3n) is 2.59. The van der Waals surface area contributed by atoms with Gasteiger partial charge in [0.25, 0.3) is 0 Å². The van der Waals surface area contributed by atoms with Crippen molar-refractivity contribution in [3.05, 3.63) is 0 Å². The molecular formula is C12H25NO3. The van der Waals surface area contributed by atoms with Crippen LogP contribution in [-0.2, 0) is 9.53 Å². The van der Waals surface area contributed by atoms with Gasteiger partial charge in [-0.2, -0.15) is 0 Å². The standard InChI is InChI=1S/C12H25NO3/c1-3-4-5-6-7-9-16-10-8-11(13-2)12(14)15/h11,13H,3-10H2,1-2H3,(H,14,15). The summed E-state index contributed by atoms with van der Waals surface area (Å²) in [4.78, 5) is 10.7. The molecule has 4 nitrogen and oxygen atoms in total. The van der Waals surface area contributed by atoms with E-state index in [9.17, 15) is 4.79 Å². The van der Waals surface area contributed by atoms with Crippen LogP contribution < -0.4 is 5.32 Å². The molecule has 1 unspecified atom stereocenters. The second-order valence-electron chi connectivity index (χ2n) is 3.99. The van der Waals surface area contributed by atoms with Gasteiger partial charge in [0.1, 0.15) is 6.04 Å². The zero-order valence-corrected chi connectivity index (χ0v) is 10.5. The summed E-state index contributed by atoms with van der Waals surface area (Å²) in [5.74, 6) is -0.811. The van der Waals surface area contributed by atoms with E-state index in [1.54, 1.807) is 7.05 Å². The topological polar surface area (TPSA) is 58.6 Å². The zero-order valence-electron chi connectivity index (χ0n) is 10.5. The van der Waals surface area contributed by atoms with Crippen LogP contribution in [0.1, 0.15) is 45.4 Å². The predicted octanol–water partition coefficient (Wildman–Crippen LogP) is 2.04. The van der Waals surface area contributed by atoms with Crippen molar-refractivity contribution >= 4 is 5.97 Å². The van der Waals surface area contributed by atoms with E-state index < -0.39 is 12.0 Å². The Hall–Kier alpha value is -0.610. The number of nitrogens with one attached hydrogen (secondary N) is 1. The van der Waals surface area contributed by atoms with Crippen molar-refractivity contribution in [2.45, 2.75) is 51.5 Å². The van der Waals surface area contributed by atoms with Gasteiger partial charge in [0.2, 0.25) is 0 Å². The maximum atomic E-state index is 10.7. The van der Waals surface area contributed by atoms with E-state index in [0.717, 1.165) is 13.0 Å². The number of aliphatic carboxylic acids is 1. The van der Waals surface area contributed by atoms with E-state index in [1.807, 2.05) is 0 Å². The Labute approximate surface area is 98.4 Å². The fraction of sp³-hybridized carbons (Fsp3) is 0.917. The molecule has 16 heavy (non-hydrogen) atoms. The molecule has 0 aromatic heterocycles. The number of carbonyl (C=O) groups is 1. The lowest BCUT2D eigenvalue weighted by molar-refractivity contribution is -0.139. The molecule has 0 aromatic rings. The Morgan fingerprint density at radius 3 is 2.50 bits per heavy atom. The van der Waals surface area contributed by atoms with E-state index in [0.29, 0.717) is 13.0 Å². The van der Waals surface area contributed by atoms with Gasteiger partial charge in [-0.3, -0.25) is 4.79 Å². The summed E-state index contributed by atoms with van der Waals surface area (Å²) in [6.45, 7) is 3.46. The Kier molecular flexibility index (Phi) is 10.5. The van der Waals surface area contributed by atoms with Gasteiger partial charge >= 0.3 is 5.97 Å².